The molecule has 2 aliphatic rings. The molecule has 26 nitrogen and oxygen atoms in total. The second kappa shape index (κ2) is 18.4. The number of ether oxygens (including phenoxy) is 4. The van der Waals surface area contributed by atoms with Crippen molar-refractivity contribution in [2.45, 2.75) is 69.0 Å². The molecular formula is C32H40N7O19P3-2. The van der Waals surface area contributed by atoms with Crippen molar-refractivity contribution in [3.05, 3.63) is 66.0 Å². The molecule has 12 unspecified atom stereocenters. The van der Waals surface area contributed by atoms with Crippen LogP contribution in [0.1, 0.15) is 47.0 Å². The number of aryl methyl sites for hydroxylation is 1. The van der Waals surface area contributed by atoms with Gasteiger partial charge < -0.3 is 78.5 Å². The fourth-order valence-electron chi connectivity index (χ4n) is 6.52. The van der Waals surface area contributed by atoms with E-state index < -0.39 is 97.8 Å². The Bertz CT molecular complexity index is 2390. The topological polar surface area (TPSA) is 381 Å². The minimum absolute atomic E-state index is 0.0201. The van der Waals surface area contributed by atoms with Crippen molar-refractivity contribution in [3.8, 4) is 11.5 Å². The number of rotatable bonds is 18. The number of imidazole rings is 1. The predicted molar refractivity (Wildman–Crippen MR) is 195 cm³/mol. The highest BCUT2D eigenvalue weighted by atomic mass is 31.3. The molecule has 0 saturated carbocycles. The number of hydrogen-bond donors (Lipinski definition) is 5. The zero-order valence-electron chi connectivity index (χ0n) is 32.3. The smallest absolute Gasteiger partial charge is 0.292 e. The number of pyridine rings is 1. The lowest BCUT2D eigenvalue weighted by molar-refractivity contribution is -0.765. The summed E-state index contributed by atoms with van der Waals surface area (Å²) in [5.41, 5.74) is 12.1. The summed E-state index contributed by atoms with van der Waals surface area (Å²) in [4.78, 5) is 62.4. The minimum Gasteiger partial charge on any atom is -0.756 e. The van der Waals surface area contributed by atoms with Crippen LogP contribution in [0, 0.1) is 6.92 Å². The highest BCUT2D eigenvalue weighted by Gasteiger charge is 2.50. The van der Waals surface area contributed by atoms with Crippen LogP contribution < -0.4 is 40.2 Å². The summed E-state index contributed by atoms with van der Waals surface area (Å²) in [6.07, 6.45) is -10.2. The first-order chi connectivity index (χ1) is 28.6. The third-order valence-corrected chi connectivity index (χ3v) is 13.1. The van der Waals surface area contributed by atoms with Gasteiger partial charge in [-0.15, -0.1) is 0 Å². The number of hydrogen-bond acceptors (Lipinski definition) is 23. The van der Waals surface area contributed by atoms with Gasteiger partial charge in [-0.2, -0.15) is 4.57 Å². The van der Waals surface area contributed by atoms with E-state index in [0.717, 1.165) is 17.2 Å². The number of aliphatic hydroxyl groups excluding tert-OH is 3. The average Bonchev–Trinajstić information content (AvgIpc) is 3.85. The Balaban J connectivity index is 1.13. The summed E-state index contributed by atoms with van der Waals surface area (Å²) in [6.45, 7) is 0.819. The summed E-state index contributed by atoms with van der Waals surface area (Å²) in [5, 5.41) is 32.3. The number of aliphatic hydroxyl groups is 3. The van der Waals surface area contributed by atoms with E-state index in [9.17, 15) is 48.5 Å². The zero-order valence-corrected chi connectivity index (χ0v) is 35.0. The van der Waals surface area contributed by atoms with Crippen molar-refractivity contribution in [2.75, 3.05) is 33.2 Å². The van der Waals surface area contributed by atoms with Crippen LogP contribution in [0.5, 0.6) is 11.5 Å². The van der Waals surface area contributed by atoms with Crippen LogP contribution in [-0.4, -0.2) is 105 Å². The number of phosphoric acid groups is 3. The van der Waals surface area contributed by atoms with Gasteiger partial charge in [-0.1, -0.05) is 0 Å². The van der Waals surface area contributed by atoms with Crippen LogP contribution in [-0.2, 0) is 45.6 Å². The lowest BCUT2D eigenvalue weighted by atomic mass is 10.0. The lowest BCUT2D eigenvalue weighted by Gasteiger charge is -2.32. The SMILES string of the molecule is COc1cc(C)c(C(C)OP(=O)([O-])OC2C(O)C(COP(=O)([O-])OP(=O)([O-])OCC3OC([n+]4cccc(C(N)=O)c4)C(O)C3O)OC2n2cnc3c(N)ncnc32)cc1OC. The molecule has 1 amide bonds. The van der Waals surface area contributed by atoms with E-state index >= 15 is 0 Å². The number of nitrogens with two attached hydrogens (primary N) is 2. The number of primary amides is 1. The minimum atomic E-state index is -5.91. The van der Waals surface area contributed by atoms with E-state index in [0.29, 0.717) is 16.9 Å². The third kappa shape index (κ3) is 10.4. The van der Waals surface area contributed by atoms with Crippen LogP contribution in [0.15, 0.2) is 49.3 Å². The Morgan fingerprint density at radius 3 is 2.23 bits per heavy atom. The van der Waals surface area contributed by atoms with E-state index in [1.807, 2.05) is 0 Å². The predicted octanol–water partition coefficient (Wildman–Crippen LogP) is -1.68. The summed E-state index contributed by atoms with van der Waals surface area (Å²) < 4.78 is 87.2. The lowest BCUT2D eigenvalue weighted by Crippen LogP contribution is -2.46. The van der Waals surface area contributed by atoms with Gasteiger partial charge in [0.05, 0.1) is 39.9 Å². The first-order valence-corrected chi connectivity index (χ1v) is 22.1. The van der Waals surface area contributed by atoms with Gasteiger partial charge in [-0.3, -0.25) is 23.1 Å². The van der Waals surface area contributed by atoms with Gasteiger partial charge in [0.2, 0.25) is 0 Å². The summed E-state index contributed by atoms with van der Waals surface area (Å²) >= 11 is 0. The number of benzene rings is 1. The normalized spacial score (nSPS) is 27.6. The van der Waals surface area contributed by atoms with E-state index in [4.69, 9.17) is 44.0 Å². The third-order valence-electron chi connectivity index (χ3n) is 9.45. The molecular weight excluding hydrogens is 879 g/mol. The van der Waals surface area contributed by atoms with Gasteiger partial charge in [0.25, 0.3) is 35.6 Å². The Kier molecular flexibility index (Phi) is 14.0. The molecule has 0 bridgehead atoms. The number of nitrogens with zero attached hydrogens (tertiary/aromatic N) is 5. The molecule has 5 heterocycles. The largest absolute Gasteiger partial charge is 0.756 e. The number of amides is 1. The van der Waals surface area contributed by atoms with Crippen LogP contribution in [0.25, 0.3) is 11.2 Å². The maximum Gasteiger partial charge on any atom is 0.292 e. The van der Waals surface area contributed by atoms with Gasteiger partial charge in [0, 0.05) is 6.07 Å². The number of anilines is 1. The molecule has 2 saturated heterocycles. The zero-order chi connectivity index (χ0) is 44.6. The number of fused-ring (bicyclic) bond motifs is 1. The van der Waals surface area contributed by atoms with Crippen LogP contribution in [0.3, 0.4) is 0 Å². The average molecular weight is 920 g/mol. The first kappa shape index (κ1) is 46.5. The fraction of sp³-hybridized carbons (Fsp3) is 0.469. The first-order valence-electron chi connectivity index (χ1n) is 17.8. The summed E-state index contributed by atoms with van der Waals surface area (Å²) in [5.74, 6) is -0.244. The molecule has 7 N–H and O–H groups in total. The van der Waals surface area contributed by atoms with Crippen molar-refractivity contribution < 1.29 is 94.4 Å². The molecule has 0 spiro atoms. The standard InChI is InChI=1S/C32H42N7O19P3/c1-15-8-19(50-3)20(51-4)9-18(15)16(2)56-61(48,49)57-27-25(41)22(55-32(27)39-14-37-23-28(33)35-13-36-30(23)39)12-53-60(46,47)58-59(44,45)52-11-21-24(40)26(42)31(54-21)38-7-5-6-17(10-38)29(34)43/h5-10,13-14,16,21-22,24-27,31-32,40-42H,11-12H2,1-4H3,(H6-,33,34,35,36,43,44,45,46,47,48,49)/p-2. The van der Waals surface area contributed by atoms with Gasteiger partial charge >= 0.3 is 0 Å². The number of carbonyl (C=O) groups excluding carboxylic acids is 1. The van der Waals surface area contributed by atoms with E-state index in [1.165, 1.54) is 56.3 Å². The molecule has 0 aliphatic carbocycles. The molecule has 0 radical (unpaired) electrons. The quantitative estimate of drug-likeness (QED) is 0.0549. The molecule has 2 fully saturated rings. The molecule has 1 aromatic carbocycles. The van der Waals surface area contributed by atoms with Crippen molar-refractivity contribution in [2.24, 2.45) is 5.73 Å². The molecule has 12 atom stereocenters. The van der Waals surface area contributed by atoms with Crippen LogP contribution in [0.2, 0.25) is 0 Å². The molecule has 29 heteroatoms. The second-order valence-electron chi connectivity index (χ2n) is 13.5. The number of carbonyl (C=O) groups is 1. The molecule has 6 rings (SSSR count). The molecule has 4 aromatic rings. The van der Waals surface area contributed by atoms with E-state index in [2.05, 4.69) is 23.8 Å². The Morgan fingerprint density at radius 1 is 0.951 bits per heavy atom. The van der Waals surface area contributed by atoms with E-state index in [-0.39, 0.29) is 28.3 Å². The van der Waals surface area contributed by atoms with Crippen molar-refractivity contribution >= 4 is 46.4 Å². The molecule has 3 aromatic heterocycles. The Hall–Kier alpha value is -4.04. The molecule has 2 aliphatic heterocycles. The number of aromatic nitrogens is 5. The second-order valence-corrected chi connectivity index (χ2v) is 17.8. The number of phosphoric ester groups is 3. The summed E-state index contributed by atoms with van der Waals surface area (Å²) in [7, 11) is -14.4. The summed E-state index contributed by atoms with van der Waals surface area (Å²) in [6, 6.07) is 5.86. The number of methoxy groups -OCH3 is 2. The maximum absolute atomic E-state index is 13.4. The van der Waals surface area contributed by atoms with Gasteiger partial charge in [-0.25, -0.2) is 19.3 Å². The highest BCUT2D eigenvalue weighted by molar-refractivity contribution is 7.59. The van der Waals surface area contributed by atoms with Crippen molar-refractivity contribution in [1.82, 2.24) is 19.5 Å². The Morgan fingerprint density at radius 2 is 1.59 bits per heavy atom. The highest BCUT2D eigenvalue weighted by Crippen LogP contribution is 2.56. The van der Waals surface area contributed by atoms with Crippen molar-refractivity contribution in [3.63, 3.8) is 0 Å². The molecule has 334 valence electrons. The van der Waals surface area contributed by atoms with E-state index in [1.54, 1.807) is 13.0 Å². The van der Waals surface area contributed by atoms with Crippen LogP contribution in [0.4, 0.5) is 5.82 Å². The van der Waals surface area contributed by atoms with Crippen molar-refractivity contribution in [1.29, 1.82) is 0 Å². The Labute approximate surface area is 345 Å². The fourth-order valence-corrected chi connectivity index (χ4v) is 9.61. The van der Waals surface area contributed by atoms with Crippen LogP contribution >= 0.6 is 23.5 Å². The monoisotopic (exact) mass is 919 g/mol. The van der Waals surface area contributed by atoms with Gasteiger partial charge in [0.1, 0.15) is 47.9 Å². The maximum atomic E-state index is 13.4. The van der Waals surface area contributed by atoms with Gasteiger partial charge in [-0.05, 0) is 43.2 Å². The number of nitrogen functional groups attached to an aromatic ring is 1. The molecule has 61 heavy (non-hydrogen) atoms. The van der Waals surface area contributed by atoms with Gasteiger partial charge in [0.15, 0.2) is 47.7 Å².